The zero-order valence-corrected chi connectivity index (χ0v) is 24.7. The van der Waals surface area contributed by atoms with Crippen LogP contribution in [0.25, 0.3) is 0 Å². The van der Waals surface area contributed by atoms with Crippen molar-refractivity contribution < 1.29 is 34.0 Å². The van der Waals surface area contributed by atoms with Crippen LogP contribution in [-0.4, -0.2) is 64.6 Å². The van der Waals surface area contributed by atoms with Crippen molar-refractivity contribution in [3.63, 3.8) is 0 Å². The average molecular weight is 604 g/mol. The maximum Gasteiger partial charge on any atom is 0.345 e. The number of amidine groups is 1. The van der Waals surface area contributed by atoms with Crippen LogP contribution in [-0.2, 0) is 16.0 Å². The molecule has 1 aliphatic rings. The van der Waals surface area contributed by atoms with Crippen molar-refractivity contribution in [1.29, 1.82) is 0 Å². The number of hydrogen-bond acceptors (Lipinski definition) is 9. The largest absolute Gasteiger partial charge is 0.496 e. The predicted molar refractivity (Wildman–Crippen MR) is 154 cm³/mol. The number of methoxy groups -OCH3 is 1. The molecule has 0 spiro atoms. The SMILES string of the molecule is CC[C@@H](NC(=O)N1C/C(=N\O)NC[C@H](Cc2cc(Cl)ccc2OC)C1=O)c1ccc(C(=O)OC(C)(C)C)c([N+](=O)[O-])c1. The van der Waals surface area contributed by atoms with Gasteiger partial charge in [0, 0.05) is 17.6 Å². The summed E-state index contributed by atoms with van der Waals surface area (Å²) in [7, 11) is 1.49. The Morgan fingerprint density at radius 3 is 2.60 bits per heavy atom. The molecule has 0 unspecified atom stereocenters. The first-order chi connectivity index (χ1) is 19.8. The van der Waals surface area contributed by atoms with Crippen molar-refractivity contribution in [3.05, 3.63) is 68.2 Å². The molecule has 0 radical (unpaired) electrons. The minimum absolute atomic E-state index is 0.00413. The zero-order valence-electron chi connectivity index (χ0n) is 24.0. The molecule has 3 amide bonds. The maximum absolute atomic E-state index is 13.6. The van der Waals surface area contributed by atoms with Crippen LogP contribution in [0.5, 0.6) is 5.75 Å². The first kappa shape index (κ1) is 32.1. The highest BCUT2D eigenvalue weighted by molar-refractivity contribution is 6.30. The standard InChI is InChI=1S/C28H34ClN5O8/c1-6-21(16-7-9-20(22(13-16)34(39)40)26(36)42-28(2,3)4)31-27(37)33-15-24(32-38)30-14-18(25(33)35)11-17-12-19(29)8-10-23(17)41-5/h7-10,12-13,18,21,38H,6,11,14-15H2,1-5H3,(H,30,32)(H,31,37)/t18-,21+/m0/s1. The lowest BCUT2D eigenvalue weighted by molar-refractivity contribution is -0.385. The quantitative estimate of drug-likeness (QED) is 0.170. The molecule has 2 aromatic rings. The van der Waals surface area contributed by atoms with Crippen LogP contribution in [0.2, 0.25) is 5.02 Å². The van der Waals surface area contributed by atoms with Crippen molar-refractivity contribution in [2.45, 2.75) is 52.2 Å². The van der Waals surface area contributed by atoms with Gasteiger partial charge in [-0.25, -0.2) is 9.59 Å². The van der Waals surface area contributed by atoms with Gasteiger partial charge < -0.3 is 25.3 Å². The number of nitrogens with one attached hydrogen (secondary N) is 2. The minimum atomic E-state index is -0.857. The van der Waals surface area contributed by atoms with Crippen LogP contribution in [0.15, 0.2) is 41.6 Å². The molecule has 13 nitrogen and oxygen atoms in total. The second-order valence-corrected chi connectivity index (χ2v) is 11.1. The van der Waals surface area contributed by atoms with Crippen molar-refractivity contribution in [1.82, 2.24) is 15.5 Å². The van der Waals surface area contributed by atoms with Crippen LogP contribution in [0.3, 0.4) is 0 Å². The zero-order chi connectivity index (χ0) is 31.2. The molecular weight excluding hydrogens is 570 g/mol. The number of oxime groups is 1. The fourth-order valence-corrected chi connectivity index (χ4v) is 4.67. The van der Waals surface area contributed by atoms with E-state index in [0.717, 1.165) is 4.90 Å². The molecule has 1 fully saturated rings. The van der Waals surface area contributed by atoms with E-state index in [4.69, 9.17) is 21.1 Å². The molecule has 1 saturated heterocycles. The number of benzene rings is 2. The summed E-state index contributed by atoms with van der Waals surface area (Å²) in [5.41, 5.74) is -0.559. The Morgan fingerprint density at radius 1 is 1.29 bits per heavy atom. The Morgan fingerprint density at radius 2 is 2.00 bits per heavy atom. The molecule has 3 rings (SSSR count). The lowest BCUT2D eigenvalue weighted by atomic mass is 9.97. The van der Waals surface area contributed by atoms with Gasteiger partial charge in [0.2, 0.25) is 5.91 Å². The van der Waals surface area contributed by atoms with Crippen molar-refractivity contribution >= 4 is 41.0 Å². The van der Waals surface area contributed by atoms with Crippen LogP contribution < -0.4 is 15.4 Å². The molecule has 14 heteroatoms. The number of carbonyl (C=O) groups excluding carboxylic acids is 3. The van der Waals surface area contributed by atoms with Gasteiger partial charge in [0.1, 0.15) is 16.9 Å². The number of imide groups is 1. The molecule has 2 aromatic carbocycles. The van der Waals surface area contributed by atoms with Gasteiger partial charge in [-0.1, -0.05) is 29.7 Å². The molecule has 2 atom stereocenters. The van der Waals surface area contributed by atoms with Gasteiger partial charge >= 0.3 is 12.0 Å². The number of rotatable bonds is 8. The van der Waals surface area contributed by atoms with E-state index in [-0.39, 0.29) is 30.9 Å². The number of carbonyl (C=O) groups is 3. The molecule has 0 saturated carbocycles. The van der Waals surface area contributed by atoms with E-state index in [0.29, 0.717) is 28.3 Å². The number of halogens is 1. The Labute approximate surface area is 247 Å². The Hall–Kier alpha value is -4.39. The highest BCUT2D eigenvalue weighted by Crippen LogP contribution is 2.29. The third-order valence-corrected chi connectivity index (χ3v) is 6.73. The number of ether oxygens (including phenoxy) is 2. The van der Waals surface area contributed by atoms with Crippen LogP contribution >= 0.6 is 11.6 Å². The van der Waals surface area contributed by atoms with Crippen LogP contribution in [0.1, 0.15) is 61.6 Å². The average Bonchev–Trinajstić information content (AvgIpc) is 3.09. The number of nitro benzene ring substituents is 1. The van der Waals surface area contributed by atoms with E-state index < -0.39 is 46.1 Å². The highest BCUT2D eigenvalue weighted by atomic mass is 35.5. The first-order valence-corrected chi connectivity index (χ1v) is 13.6. The number of amides is 3. The third-order valence-electron chi connectivity index (χ3n) is 6.50. The molecule has 42 heavy (non-hydrogen) atoms. The topological polar surface area (TPSA) is 173 Å². The summed E-state index contributed by atoms with van der Waals surface area (Å²) in [4.78, 5) is 51.7. The van der Waals surface area contributed by atoms with E-state index in [9.17, 15) is 29.7 Å². The van der Waals surface area contributed by atoms with Gasteiger partial charge in [-0.15, -0.1) is 0 Å². The second kappa shape index (κ2) is 13.5. The summed E-state index contributed by atoms with van der Waals surface area (Å²) in [6.07, 6.45) is 0.479. The van der Waals surface area contributed by atoms with E-state index in [1.165, 1.54) is 25.3 Å². The fraction of sp³-hybridized carbons (Fsp3) is 0.429. The third kappa shape index (κ3) is 7.87. The summed E-state index contributed by atoms with van der Waals surface area (Å²) < 4.78 is 10.7. The molecule has 0 aromatic heterocycles. The number of hydrogen-bond donors (Lipinski definition) is 3. The van der Waals surface area contributed by atoms with Crippen molar-refractivity contribution in [2.24, 2.45) is 11.1 Å². The fourth-order valence-electron chi connectivity index (χ4n) is 4.47. The van der Waals surface area contributed by atoms with Gasteiger partial charge in [0.25, 0.3) is 5.69 Å². The van der Waals surface area contributed by atoms with Gasteiger partial charge in [-0.05, 0) is 69.0 Å². The highest BCUT2D eigenvalue weighted by Gasteiger charge is 2.35. The minimum Gasteiger partial charge on any atom is -0.496 e. The Bertz CT molecular complexity index is 1390. The molecule has 1 aliphatic heterocycles. The number of urea groups is 1. The lowest BCUT2D eigenvalue weighted by Crippen LogP contribution is -2.48. The lowest BCUT2D eigenvalue weighted by Gasteiger charge is -2.26. The summed E-state index contributed by atoms with van der Waals surface area (Å²) in [5, 5.41) is 30.5. The molecule has 226 valence electrons. The summed E-state index contributed by atoms with van der Waals surface area (Å²) >= 11 is 6.15. The van der Waals surface area contributed by atoms with E-state index >= 15 is 0 Å². The monoisotopic (exact) mass is 603 g/mol. The summed E-state index contributed by atoms with van der Waals surface area (Å²) in [6, 6.07) is 7.43. The molecular formula is C28H34ClN5O8. The smallest absolute Gasteiger partial charge is 0.345 e. The molecule has 0 bridgehead atoms. The number of nitrogens with zero attached hydrogens (tertiary/aromatic N) is 3. The number of esters is 1. The van der Waals surface area contributed by atoms with Crippen LogP contribution in [0, 0.1) is 16.0 Å². The second-order valence-electron chi connectivity index (χ2n) is 10.7. The Kier molecular flexibility index (Phi) is 10.3. The van der Waals surface area contributed by atoms with Gasteiger partial charge in [0.15, 0.2) is 5.84 Å². The number of nitro groups is 1. The molecule has 3 N–H and O–H groups in total. The summed E-state index contributed by atoms with van der Waals surface area (Å²) in [5.74, 6) is -1.62. The van der Waals surface area contributed by atoms with Crippen molar-refractivity contribution in [3.8, 4) is 5.75 Å². The Balaban J connectivity index is 1.88. The normalized spacial score (nSPS) is 17.2. The van der Waals surface area contributed by atoms with Crippen LogP contribution in [0.4, 0.5) is 10.5 Å². The van der Waals surface area contributed by atoms with Gasteiger partial charge in [-0.3, -0.25) is 19.8 Å². The molecule has 1 heterocycles. The van der Waals surface area contributed by atoms with Gasteiger partial charge in [-0.2, -0.15) is 0 Å². The van der Waals surface area contributed by atoms with E-state index in [1.807, 2.05) is 0 Å². The summed E-state index contributed by atoms with van der Waals surface area (Å²) in [6.45, 7) is 6.44. The van der Waals surface area contributed by atoms with Gasteiger partial charge in [0.05, 0.1) is 30.5 Å². The van der Waals surface area contributed by atoms with E-state index in [2.05, 4.69) is 15.8 Å². The molecule has 0 aliphatic carbocycles. The van der Waals surface area contributed by atoms with E-state index in [1.54, 1.807) is 45.9 Å². The first-order valence-electron chi connectivity index (χ1n) is 13.2. The maximum atomic E-state index is 13.6. The van der Waals surface area contributed by atoms with Crippen molar-refractivity contribution in [2.75, 3.05) is 20.2 Å². The predicted octanol–water partition coefficient (Wildman–Crippen LogP) is 4.45.